The molecule has 23 heavy (non-hydrogen) atoms. The molecule has 2 aromatic rings. The smallest absolute Gasteiger partial charge is 0.203 e. The zero-order valence-electron chi connectivity index (χ0n) is 13.6. The van der Waals surface area contributed by atoms with Crippen molar-refractivity contribution < 1.29 is 14.2 Å². The molecule has 0 aliphatic rings. The predicted molar refractivity (Wildman–Crippen MR) is 97.1 cm³/mol. The van der Waals surface area contributed by atoms with Crippen LogP contribution in [0.5, 0.6) is 17.2 Å². The second-order valence-corrected chi connectivity index (χ2v) is 5.27. The van der Waals surface area contributed by atoms with Crippen molar-refractivity contribution in [2.24, 2.45) is 0 Å². The molecule has 0 saturated heterocycles. The van der Waals surface area contributed by atoms with Crippen molar-refractivity contribution in [2.75, 3.05) is 32.0 Å². The third-order valence-corrected chi connectivity index (χ3v) is 3.40. The Morgan fingerprint density at radius 2 is 1.48 bits per heavy atom. The predicted octanol–water partition coefficient (Wildman–Crippen LogP) is 3.83. The summed E-state index contributed by atoms with van der Waals surface area (Å²) in [5, 5.41) is 6.73. The monoisotopic (exact) mass is 332 g/mol. The summed E-state index contributed by atoms with van der Waals surface area (Å²) in [6.45, 7) is 2.03. The molecule has 0 amide bonds. The van der Waals surface area contributed by atoms with Crippen LogP contribution >= 0.6 is 12.2 Å². The third kappa shape index (κ3) is 4.26. The Morgan fingerprint density at radius 1 is 0.870 bits per heavy atom. The van der Waals surface area contributed by atoms with E-state index in [1.165, 1.54) is 0 Å². The molecule has 0 aromatic heterocycles. The van der Waals surface area contributed by atoms with Crippen molar-refractivity contribution >= 4 is 28.7 Å². The first-order chi connectivity index (χ1) is 11.1. The molecule has 0 unspecified atom stereocenters. The maximum Gasteiger partial charge on any atom is 0.203 e. The van der Waals surface area contributed by atoms with Crippen molar-refractivity contribution in [1.29, 1.82) is 0 Å². The highest BCUT2D eigenvalue weighted by Crippen LogP contribution is 2.39. The molecule has 0 saturated carbocycles. The number of aryl methyl sites for hydroxylation is 1. The second kappa shape index (κ2) is 7.69. The average molecular weight is 332 g/mol. The first-order valence-corrected chi connectivity index (χ1v) is 7.43. The molecule has 2 N–H and O–H groups in total. The molecule has 5 nitrogen and oxygen atoms in total. The average Bonchev–Trinajstić information content (AvgIpc) is 2.53. The van der Waals surface area contributed by atoms with Gasteiger partial charge in [0.15, 0.2) is 16.6 Å². The molecule has 6 heteroatoms. The largest absolute Gasteiger partial charge is 0.493 e. The molecule has 2 aromatic carbocycles. The van der Waals surface area contributed by atoms with Gasteiger partial charge in [-0.2, -0.15) is 0 Å². The summed E-state index contributed by atoms with van der Waals surface area (Å²) in [6, 6.07) is 11.6. The van der Waals surface area contributed by atoms with Gasteiger partial charge < -0.3 is 24.8 Å². The zero-order chi connectivity index (χ0) is 16.8. The molecule has 0 aliphatic heterocycles. The Labute approximate surface area is 141 Å². The quantitative estimate of drug-likeness (QED) is 0.812. The van der Waals surface area contributed by atoms with E-state index in [1.807, 2.05) is 31.2 Å². The van der Waals surface area contributed by atoms with E-state index in [0.29, 0.717) is 22.4 Å². The van der Waals surface area contributed by atoms with Crippen molar-refractivity contribution in [1.82, 2.24) is 0 Å². The van der Waals surface area contributed by atoms with Crippen LogP contribution in [0.4, 0.5) is 11.4 Å². The van der Waals surface area contributed by atoms with E-state index >= 15 is 0 Å². The standard InChI is InChI=1S/C17H20N2O3S/c1-11-6-5-7-12(8-11)18-17(23)19-13-9-14(20-2)16(22-4)15(10-13)21-3/h5-10H,1-4H3,(H2,18,19,23). The van der Waals surface area contributed by atoms with E-state index in [9.17, 15) is 0 Å². The van der Waals surface area contributed by atoms with Gasteiger partial charge in [-0.1, -0.05) is 12.1 Å². The highest BCUT2D eigenvalue weighted by atomic mass is 32.1. The van der Waals surface area contributed by atoms with Gasteiger partial charge in [-0.15, -0.1) is 0 Å². The van der Waals surface area contributed by atoms with E-state index in [2.05, 4.69) is 10.6 Å². The van der Waals surface area contributed by atoms with Gasteiger partial charge in [0.25, 0.3) is 0 Å². The van der Waals surface area contributed by atoms with Gasteiger partial charge in [0.1, 0.15) is 0 Å². The summed E-state index contributed by atoms with van der Waals surface area (Å²) in [5.74, 6) is 1.67. The number of nitrogens with one attached hydrogen (secondary N) is 2. The minimum Gasteiger partial charge on any atom is -0.493 e. The lowest BCUT2D eigenvalue weighted by molar-refractivity contribution is 0.324. The first kappa shape index (κ1) is 16.9. The molecule has 0 atom stereocenters. The summed E-state index contributed by atoms with van der Waals surface area (Å²) in [5.41, 5.74) is 2.82. The van der Waals surface area contributed by atoms with E-state index in [-0.39, 0.29) is 0 Å². The fraction of sp³-hybridized carbons (Fsp3) is 0.235. The number of ether oxygens (including phenoxy) is 3. The molecule has 0 radical (unpaired) electrons. The van der Waals surface area contributed by atoms with Gasteiger partial charge in [0.2, 0.25) is 5.75 Å². The molecule has 0 aliphatic carbocycles. The second-order valence-electron chi connectivity index (χ2n) is 4.86. The first-order valence-electron chi connectivity index (χ1n) is 7.02. The number of hydrogen-bond donors (Lipinski definition) is 2. The summed E-state index contributed by atoms with van der Waals surface area (Å²) >= 11 is 5.35. The van der Waals surface area contributed by atoms with Crippen molar-refractivity contribution in [3.8, 4) is 17.2 Å². The van der Waals surface area contributed by atoms with Gasteiger partial charge in [-0.25, -0.2) is 0 Å². The fourth-order valence-corrected chi connectivity index (χ4v) is 2.41. The topological polar surface area (TPSA) is 51.8 Å². The van der Waals surface area contributed by atoms with E-state index in [4.69, 9.17) is 26.4 Å². The van der Waals surface area contributed by atoms with Crippen LogP contribution in [0.15, 0.2) is 36.4 Å². The number of thiocarbonyl (C=S) groups is 1. The van der Waals surface area contributed by atoms with Crippen molar-refractivity contribution in [3.05, 3.63) is 42.0 Å². The maximum absolute atomic E-state index is 5.35. The molecule has 2 rings (SSSR count). The Morgan fingerprint density at radius 3 is 2.00 bits per heavy atom. The lowest BCUT2D eigenvalue weighted by Crippen LogP contribution is -2.19. The van der Waals surface area contributed by atoms with Crippen molar-refractivity contribution in [3.63, 3.8) is 0 Å². The number of rotatable bonds is 5. The van der Waals surface area contributed by atoms with E-state index in [0.717, 1.165) is 16.9 Å². The Bertz CT molecular complexity index is 679. The van der Waals surface area contributed by atoms with Gasteiger partial charge in [0, 0.05) is 23.5 Å². The molecule has 0 spiro atoms. The van der Waals surface area contributed by atoms with Crippen LogP contribution < -0.4 is 24.8 Å². The van der Waals surface area contributed by atoms with E-state index < -0.39 is 0 Å². The normalized spacial score (nSPS) is 9.91. The summed E-state index contributed by atoms with van der Waals surface area (Å²) < 4.78 is 16.0. The van der Waals surface area contributed by atoms with Crippen LogP contribution in [0, 0.1) is 6.92 Å². The van der Waals surface area contributed by atoms with Crippen LogP contribution in [-0.4, -0.2) is 26.4 Å². The minimum atomic E-state index is 0.477. The van der Waals surface area contributed by atoms with Crippen LogP contribution in [0.3, 0.4) is 0 Å². The molecular formula is C17H20N2O3S. The van der Waals surface area contributed by atoms with Crippen LogP contribution in [0.1, 0.15) is 5.56 Å². The number of methoxy groups -OCH3 is 3. The lowest BCUT2D eigenvalue weighted by Gasteiger charge is -2.16. The number of benzene rings is 2. The maximum atomic E-state index is 5.35. The molecular weight excluding hydrogens is 312 g/mol. The highest BCUT2D eigenvalue weighted by Gasteiger charge is 2.13. The third-order valence-electron chi connectivity index (χ3n) is 3.20. The Balaban J connectivity index is 2.17. The summed E-state index contributed by atoms with van der Waals surface area (Å²) in [6.07, 6.45) is 0. The molecule has 0 fully saturated rings. The lowest BCUT2D eigenvalue weighted by atomic mass is 10.2. The Kier molecular flexibility index (Phi) is 5.65. The van der Waals surface area contributed by atoms with Gasteiger partial charge in [-0.05, 0) is 36.8 Å². The van der Waals surface area contributed by atoms with Crippen LogP contribution in [0.2, 0.25) is 0 Å². The number of anilines is 2. The van der Waals surface area contributed by atoms with Crippen LogP contribution in [0.25, 0.3) is 0 Å². The van der Waals surface area contributed by atoms with E-state index in [1.54, 1.807) is 33.5 Å². The van der Waals surface area contributed by atoms with Gasteiger partial charge >= 0.3 is 0 Å². The molecule has 0 bridgehead atoms. The highest BCUT2D eigenvalue weighted by molar-refractivity contribution is 7.80. The minimum absolute atomic E-state index is 0.477. The molecule has 0 heterocycles. The fourth-order valence-electron chi connectivity index (χ4n) is 2.17. The van der Waals surface area contributed by atoms with Gasteiger partial charge in [0.05, 0.1) is 21.3 Å². The zero-order valence-corrected chi connectivity index (χ0v) is 14.4. The summed E-state index contributed by atoms with van der Waals surface area (Å²) in [7, 11) is 4.71. The Hall–Kier alpha value is -2.47. The van der Waals surface area contributed by atoms with Crippen LogP contribution in [-0.2, 0) is 0 Å². The summed E-state index contributed by atoms with van der Waals surface area (Å²) in [4.78, 5) is 0. The van der Waals surface area contributed by atoms with Gasteiger partial charge in [-0.3, -0.25) is 0 Å². The number of hydrogen-bond acceptors (Lipinski definition) is 4. The van der Waals surface area contributed by atoms with Crippen molar-refractivity contribution in [2.45, 2.75) is 6.92 Å². The molecule has 122 valence electrons. The SMILES string of the molecule is COc1cc(NC(=S)Nc2cccc(C)c2)cc(OC)c1OC.